The largest absolute Gasteiger partial charge is 0.334 e. The molecule has 5 rings (SSSR count). The highest BCUT2D eigenvalue weighted by Crippen LogP contribution is 2.36. The first-order chi connectivity index (χ1) is 13.3. The van der Waals surface area contributed by atoms with Crippen LogP contribution in [0.5, 0.6) is 0 Å². The molecule has 1 saturated heterocycles. The van der Waals surface area contributed by atoms with Crippen LogP contribution in [0.1, 0.15) is 42.1 Å². The number of nitrogens with zero attached hydrogens (tertiary/aromatic N) is 3. The Bertz CT molecular complexity index is 980. The first kappa shape index (κ1) is 16.2. The lowest BCUT2D eigenvalue weighted by atomic mass is 9.90. The van der Waals surface area contributed by atoms with Crippen molar-refractivity contribution in [2.24, 2.45) is 0 Å². The second-order valence-electron chi connectivity index (χ2n) is 7.35. The second kappa shape index (κ2) is 6.65. The smallest absolute Gasteiger partial charge is 0.257 e. The maximum Gasteiger partial charge on any atom is 0.257 e. The molecule has 3 aromatic rings. The molecule has 1 aromatic heterocycles. The Morgan fingerprint density at radius 1 is 1.00 bits per heavy atom. The van der Waals surface area contributed by atoms with Crippen LogP contribution in [0.3, 0.4) is 0 Å². The summed E-state index contributed by atoms with van der Waals surface area (Å²) in [6.07, 6.45) is 5.02. The minimum absolute atomic E-state index is 0.0295. The van der Waals surface area contributed by atoms with E-state index < -0.39 is 0 Å². The Balaban J connectivity index is 1.41. The van der Waals surface area contributed by atoms with Gasteiger partial charge in [0, 0.05) is 30.1 Å². The van der Waals surface area contributed by atoms with Crippen LogP contribution in [0.15, 0.2) is 53.1 Å². The van der Waals surface area contributed by atoms with Crippen molar-refractivity contribution in [3.8, 4) is 11.5 Å². The molecule has 0 radical (unpaired) electrons. The molecular weight excluding hydrogens is 338 g/mol. The number of carbonyl (C=O) groups is 1. The van der Waals surface area contributed by atoms with E-state index in [4.69, 9.17) is 4.52 Å². The minimum atomic E-state index is -0.0295. The number of aromatic nitrogens is 2. The van der Waals surface area contributed by atoms with Crippen molar-refractivity contribution in [3.05, 3.63) is 65.5 Å². The minimum Gasteiger partial charge on any atom is -0.334 e. The quantitative estimate of drug-likeness (QED) is 0.705. The number of carbonyl (C=O) groups excluding carboxylic acids is 1. The fourth-order valence-corrected chi connectivity index (χ4v) is 4.23. The van der Waals surface area contributed by atoms with Crippen LogP contribution in [-0.4, -0.2) is 22.6 Å². The van der Waals surface area contributed by atoms with Gasteiger partial charge in [-0.3, -0.25) is 4.79 Å². The van der Waals surface area contributed by atoms with Gasteiger partial charge in [-0.05, 0) is 55.0 Å². The number of amides is 1. The number of aryl methyl sites for hydroxylation is 1. The van der Waals surface area contributed by atoms with Gasteiger partial charge in [-0.25, -0.2) is 0 Å². The second-order valence-corrected chi connectivity index (χ2v) is 7.35. The van der Waals surface area contributed by atoms with Gasteiger partial charge >= 0.3 is 0 Å². The molecule has 1 unspecified atom stereocenters. The van der Waals surface area contributed by atoms with Gasteiger partial charge < -0.3 is 9.42 Å². The lowest BCUT2D eigenvalue weighted by Crippen LogP contribution is -2.26. The third kappa shape index (κ3) is 2.93. The Kier molecular flexibility index (Phi) is 4.00. The number of anilines is 1. The zero-order chi connectivity index (χ0) is 18.2. The van der Waals surface area contributed by atoms with E-state index in [9.17, 15) is 4.79 Å². The number of fused-ring (bicyclic) bond motifs is 1. The summed E-state index contributed by atoms with van der Waals surface area (Å²) in [7, 11) is 0. The molecule has 2 heterocycles. The van der Waals surface area contributed by atoms with E-state index in [2.05, 4.69) is 28.3 Å². The molecule has 1 aliphatic heterocycles. The molecule has 0 bridgehead atoms. The fraction of sp³-hybridized carbons (Fsp3) is 0.318. The molecule has 2 aromatic carbocycles. The van der Waals surface area contributed by atoms with Crippen LogP contribution in [0.2, 0.25) is 0 Å². The summed E-state index contributed by atoms with van der Waals surface area (Å²) in [6, 6.07) is 16.1. The highest BCUT2D eigenvalue weighted by atomic mass is 16.5. The Morgan fingerprint density at radius 2 is 1.85 bits per heavy atom. The molecule has 0 spiro atoms. The Morgan fingerprint density at radius 3 is 2.74 bits per heavy atom. The topological polar surface area (TPSA) is 59.2 Å². The molecule has 2 aliphatic rings. The summed E-state index contributed by atoms with van der Waals surface area (Å²) >= 11 is 0. The third-order valence-corrected chi connectivity index (χ3v) is 5.61. The molecule has 1 atom stereocenters. The highest BCUT2D eigenvalue weighted by Gasteiger charge is 2.36. The van der Waals surface area contributed by atoms with E-state index in [1.807, 2.05) is 35.2 Å². The van der Waals surface area contributed by atoms with Gasteiger partial charge in [-0.15, -0.1) is 0 Å². The van der Waals surface area contributed by atoms with Gasteiger partial charge in [0.2, 0.25) is 5.91 Å². The van der Waals surface area contributed by atoms with Gasteiger partial charge in [0.05, 0.1) is 0 Å². The van der Waals surface area contributed by atoms with Crippen molar-refractivity contribution in [2.45, 2.75) is 38.0 Å². The highest BCUT2D eigenvalue weighted by molar-refractivity contribution is 5.97. The van der Waals surface area contributed by atoms with E-state index in [-0.39, 0.29) is 11.8 Å². The first-order valence-corrected chi connectivity index (χ1v) is 9.60. The predicted octanol–water partition coefficient (Wildman–Crippen LogP) is 4.14. The molecule has 27 heavy (non-hydrogen) atoms. The zero-order valence-electron chi connectivity index (χ0n) is 15.1. The van der Waals surface area contributed by atoms with Crippen molar-refractivity contribution in [1.82, 2.24) is 10.1 Å². The van der Waals surface area contributed by atoms with Crippen molar-refractivity contribution < 1.29 is 9.32 Å². The van der Waals surface area contributed by atoms with Crippen LogP contribution in [-0.2, 0) is 17.6 Å². The molecule has 0 saturated carbocycles. The summed E-state index contributed by atoms with van der Waals surface area (Å²) in [5, 5.41) is 4.16. The lowest BCUT2D eigenvalue weighted by Gasteiger charge is -2.25. The van der Waals surface area contributed by atoms with E-state index in [1.165, 1.54) is 24.0 Å². The van der Waals surface area contributed by atoms with Crippen molar-refractivity contribution in [1.29, 1.82) is 0 Å². The van der Waals surface area contributed by atoms with Gasteiger partial charge in [-0.2, -0.15) is 4.98 Å². The van der Waals surface area contributed by atoms with Crippen molar-refractivity contribution in [2.75, 3.05) is 11.4 Å². The summed E-state index contributed by atoms with van der Waals surface area (Å²) in [4.78, 5) is 19.2. The first-order valence-electron chi connectivity index (χ1n) is 9.60. The van der Waals surface area contributed by atoms with Crippen LogP contribution in [0.25, 0.3) is 11.5 Å². The van der Waals surface area contributed by atoms with Crippen molar-refractivity contribution in [3.63, 3.8) is 0 Å². The molecule has 1 fully saturated rings. The van der Waals surface area contributed by atoms with Crippen LogP contribution in [0.4, 0.5) is 5.69 Å². The molecule has 136 valence electrons. The fourth-order valence-electron chi connectivity index (χ4n) is 4.23. The van der Waals surface area contributed by atoms with E-state index in [1.54, 1.807) is 0 Å². The van der Waals surface area contributed by atoms with E-state index >= 15 is 0 Å². The van der Waals surface area contributed by atoms with Gasteiger partial charge in [0.25, 0.3) is 5.89 Å². The Labute approximate surface area is 158 Å². The summed E-state index contributed by atoms with van der Waals surface area (Å²) in [5.74, 6) is 1.24. The van der Waals surface area contributed by atoms with Crippen molar-refractivity contribution >= 4 is 11.6 Å². The number of hydrogen-bond acceptors (Lipinski definition) is 4. The van der Waals surface area contributed by atoms with E-state index in [0.717, 1.165) is 24.1 Å². The number of hydrogen-bond donors (Lipinski definition) is 0. The van der Waals surface area contributed by atoms with Crippen LogP contribution >= 0.6 is 0 Å². The molecule has 1 aliphatic carbocycles. The normalized spacial score (nSPS) is 19.3. The average molecular weight is 359 g/mol. The standard InChI is InChI=1S/C22H21N3O2/c26-20-13-17(21-23-22(27-24-21)16-8-2-1-3-9-16)14-25(20)19-12-6-10-15-7-4-5-11-18(15)19/h1-3,6,8-10,12,17H,4-5,7,11,13-14H2. The summed E-state index contributed by atoms with van der Waals surface area (Å²) < 4.78 is 5.44. The number of rotatable bonds is 3. The lowest BCUT2D eigenvalue weighted by molar-refractivity contribution is -0.117. The van der Waals surface area contributed by atoms with Crippen LogP contribution < -0.4 is 4.90 Å². The van der Waals surface area contributed by atoms with E-state index in [0.29, 0.717) is 24.7 Å². The summed E-state index contributed by atoms with van der Waals surface area (Å²) in [5.41, 5.74) is 4.71. The number of benzene rings is 2. The SMILES string of the molecule is O=C1CC(c2noc(-c3ccccc3)n2)CN1c1cccc2c1CCCC2. The summed E-state index contributed by atoms with van der Waals surface area (Å²) in [6.45, 7) is 0.614. The third-order valence-electron chi connectivity index (χ3n) is 5.61. The zero-order valence-corrected chi connectivity index (χ0v) is 15.1. The molecule has 5 nitrogen and oxygen atoms in total. The van der Waals surface area contributed by atoms with Gasteiger partial charge in [0.15, 0.2) is 5.82 Å². The van der Waals surface area contributed by atoms with Gasteiger partial charge in [0.1, 0.15) is 0 Å². The molecule has 1 amide bonds. The molecule has 5 heteroatoms. The maximum absolute atomic E-state index is 12.8. The molecule has 0 N–H and O–H groups in total. The maximum atomic E-state index is 12.8. The van der Waals surface area contributed by atoms with Gasteiger partial charge in [-0.1, -0.05) is 35.5 Å². The van der Waals surface area contributed by atoms with Crippen LogP contribution in [0, 0.1) is 0 Å². The monoisotopic (exact) mass is 359 g/mol. The average Bonchev–Trinajstić information content (AvgIpc) is 3.35. The molecular formula is C22H21N3O2. The Hall–Kier alpha value is -2.95. The predicted molar refractivity (Wildman–Crippen MR) is 103 cm³/mol.